The maximum atomic E-state index is 12.2. The normalized spacial score (nSPS) is 13.4. The molecule has 0 bridgehead atoms. The first-order chi connectivity index (χ1) is 14.3. The molecule has 2 rings (SSSR count). The van der Waals surface area contributed by atoms with Crippen LogP contribution in [0.1, 0.15) is 43.9 Å². The number of carbonyl (C=O) groups is 2. The fourth-order valence-corrected chi connectivity index (χ4v) is 3.07. The average molecular weight is 411 g/mol. The highest BCUT2D eigenvalue weighted by molar-refractivity contribution is 5.87. The van der Waals surface area contributed by atoms with Gasteiger partial charge in [-0.15, -0.1) is 0 Å². The number of benzene rings is 2. The summed E-state index contributed by atoms with van der Waals surface area (Å²) < 4.78 is 0. The summed E-state index contributed by atoms with van der Waals surface area (Å²) in [7, 11) is 0. The Morgan fingerprint density at radius 1 is 1.03 bits per heavy atom. The average Bonchev–Trinajstić information content (AvgIpc) is 2.74. The summed E-state index contributed by atoms with van der Waals surface area (Å²) >= 11 is 0. The van der Waals surface area contributed by atoms with Crippen LogP contribution in [0, 0.1) is 5.41 Å². The first kappa shape index (κ1) is 23.1. The third kappa shape index (κ3) is 7.35. The molecule has 30 heavy (non-hydrogen) atoms. The molecule has 2 N–H and O–H groups in total. The zero-order valence-corrected chi connectivity index (χ0v) is 17.9. The largest absolute Gasteiger partial charge is 0.479 e. The molecule has 0 spiro atoms. The van der Waals surface area contributed by atoms with Crippen molar-refractivity contribution in [1.82, 2.24) is 5.32 Å². The molecule has 2 aromatic carbocycles. The van der Waals surface area contributed by atoms with E-state index in [2.05, 4.69) is 24.3 Å². The number of hydrogen-bond acceptors (Lipinski definition) is 4. The lowest BCUT2D eigenvalue weighted by atomic mass is 9.77. The van der Waals surface area contributed by atoms with Gasteiger partial charge in [-0.25, -0.2) is 4.79 Å². The van der Waals surface area contributed by atoms with Crippen molar-refractivity contribution in [2.24, 2.45) is 10.6 Å². The second-order valence-corrected chi connectivity index (χ2v) is 7.69. The van der Waals surface area contributed by atoms with Crippen molar-refractivity contribution in [2.75, 3.05) is 6.61 Å². The minimum atomic E-state index is -1.05. The molecule has 0 saturated heterocycles. The van der Waals surface area contributed by atoms with Crippen LogP contribution in [-0.4, -0.2) is 29.3 Å². The van der Waals surface area contributed by atoms with Crippen LogP contribution in [-0.2, 0) is 33.8 Å². The first-order valence-electron chi connectivity index (χ1n) is 10.1. The van der Waals surface area contributed by atoms with Gasteiger partial charge < -0.3 is 15.3 Å². The molecule has 160 valence electrons. The molecular weight excluding hydrogens is 380 g/mol. The Bertz CT molecular complexity index is 863. The van der Waals surface area contributed by atoms with Gasteiger partial charge in [-0.1, -0.05) is 73.6 Å². The number of carboxylic acid groups (broad SMARTS) is 1. The van der Waals surface area contributed by atoms with Crippen molar-refractivity contribution < 1.29 is 19.5 Å². The molecule has 0 aliphatic rings. The molecule has 1 unspecified atom stereocenters. The minimum Gasteiger partial charge on any atom is -0.479 e. The van der Waals surface area contributed by atoms with Crippen molar-refractivity contribution >= 4 is 17.6 Å². The molecule has 6 nitrogen and oxygen atoms in total. The zero-order valence-electron chi connectivity index (χ0n) is 17.9. The Labute approximate surface area is 177 Å². The summed E-state index contributed by atoms with van der Waals surface area (Å²) in [6, 6.07) is 17.8. The molecule has 0 saturated carbocycles. The number of nitrogens with zero attached hydrogens (tertiary/aromatic N) is 1. The van der Waals surface area contributed by atoms with Crippen LogP contribution in [0.5, 0.6) is 0 Å². The van der Waals surface area contributed by atoms with Gasteiger partial charge in [0.25, 0.3) is 0 Å². The standard InChI is InChI=1S/C24H30N2O4/c1-4-24(3,18(2)26-30-17-23(28)29)15-20-12-10-19(11-13-20)14-22(27)25-16-21-8-6-5-7-9-21/h5-13H,4,14-17H2,1-3H3,(H,25,27)(H,28,29)/b26-18+. The predicted octanol–water partition coefficient (Wildman–Crippen LogP) is 3.98. The molecule has 0 heterocycles. The van der Waals surface area contributed by atoms with Gasteiger partial charge in [0.15, 0.2) is 0 Å². The van der Waals surface area contributed by atoms with Crippen LogP contribution in [0.15, 0.2) is 59.8 Å². The summed E-state index contributed by atoms with van der Waals surface area (Å²) in [5.74, 6) is -1.06. The van der Waals surface area contributed by atoms with Crippen LogP contribution >= 0.6 is 0 Å². The van der Waals surface area contributed by atoms with Gasteiger partial charge in [0, 0.05) is 12.0 Å². The molecule has 2 aromatic rings. The highest BCUT2D eigenvalue weighted by Crippen LogP contribution is 2.29. The van der Waals surface area contributed by atoms with E-state index in [1.54, 1.807) is 0 Å². The fraction of sp³-hybridized carbons (Fsp3) is 0.375. The molecule has 0 aliphatic carbocycles. The highest BCUT2D eigenvalue weighted by Gasteiger charge is 2.27. The van der Waals surface area contributed by atoms with Crippen molar-refractivity contribution in [3.63, 3.8) is 0 Å². The molecule has 0 fully saturated rings. The highest BCUT2D eigenvalue weighted by atomic mass is 16.6. The third-order valence-electron chi connectivity index (χ3n) is 5.36. The number of nitrogens with one attached hydrogen (secondary N) is 1. The summed E-state index contributed by atoms with van der Waals surface area (Å²) in [6.45, 7) is 6.09. The maximum absolute atomic E-state index is 12.2. The Balaban J connectivity index is 1.92. The van der Waals surface area contributed by atoms with Gasteiger partial charge in [0.2, 0.25) is 12.5 Å². The van der Waals surface area contributed by atoms with Crippen LogP contribution in [0.3, 0.4) is 0 Å². The molecule has 0 aliphatic heterocycles. The number of carbonyl (C=O) groups excluding carboxylic acids is 1. The third-order valence-corrected chi connectivity index (χ3v) is 5.36. The van der Waals surface area contributed by atoms with E-state index in [-0.39, 0.29) is 11.3 Å². The van der Waals surface area contributed by atoms with E-state index in [9.17, 15) is 9.59 Å². The van der Waals surface area contributed by atoms with Crippen LogP contribution in [0.25, 0.3) is 0 Å². The molecule has 1 atom stereocenters. The zero-order chi connectivity index (χ0) is 22.0. The van der Waals surface area contributed by atoms with Crippen LogP contribution < -0.4 is 5.32 Å². The number of rotatable bonds is 11. The lowest BCUT2D eigenvalue weighted by Gasteiger charge is -2.28. The predicted molar refractivity (Wildman–Crippen MR) is 117 cm³/mol. The van der Waals surface area contributed by atoms with Gasteiger partial charge in [-0.2, -0.15) is 0 Å². The van der Waals surface area contributed by atoms with Crippen molar-refractivity contribution in [1.29, 1.82) is 0 Å². The number of hydrogen-bond donors (Lipinski definition) is 2. The number of aliphatic carboxylic acids is 1. The van der Waals surface area contributed by atoms with Crippen LogP contribution in [0.2, 0.25) is 0 Å². The summed E-state index contributed by atoms with van der Waals surface area (Å²) in [5, 5.41) is 15.6. The van der Waals surface area contributed by atoms with Gasteiger partial charge in [0.05, 0.1) is 12.1 Å². The van der Waals surface area contributed by atoms with Crippen molar-refractivity contribution in [3.8, 4) is 0 Å². The van der Waals surface area contributed by atoms with Gasteiger partial charge in [-0.05, 0) is 36.5 Å². The van der Waals surface area contributed by atoms with E-state index >= 15 is 0 Å². The van der Waals surface area contributed by atoms with E-state index in [1.807, 2.05) is 61.5 Å². The molecule has 6 heteroatoms. The number of amides is 1. The topological polar surface area (TPSA) is 88.0 Å². The van der Waals surface area contributed by atoms with Gasteiger partial charge in [0.1, 0.15) is 0 Å². The summed E-state index contributed by atoms with van der Waals surface area (Å²) in [4.78, 5) is 27.7. The summed E-state index contributed by atoms with van der Waals surface area (Å²) in [6.07, 6.45) is 1.92. The second-order valence-electron chi connectivity index (χ2n) is 7.69. The number of oxime groups is 1. The molecule has 0 radical (unpaired) electrons. The van der Waals surface area contributed by atoms with E-state index in [0.717, 1.165) is 35.2 Å². The van der Waals surface area contributed by atoms with Gasteiger partial charge >= 0.3 is 5.97 Å². The molecule has 1 amide bonds. The fourth-order valence-electron chi connectivity index (χ4n) is 3.07. The lowest BCUT2D eigenvalue weighted by molar-refractivity contribution is -0.142. The Kier molecular flexibility index (Phi) is 8.59. The maximum Gasteiger partial charge on any atom is 0.344 e. The SMILES string of the molecule is CCC(C)(Cc1ccc(CC(=O)NCc2ccccc2)cc1)/C(C)=N/OCC(=O)O. The molecular formula is C24H30N2O4. The Morgan fingerprint density at radius 2 is 1.67 bits per heavy atom. The first-order valence-corrected chi connectivity index (χ1v) is 10.1. The van der Waals surface area contributed by atoms with Crippen LogP contribution in [0.4, 0.5) is 0 Å². The minimum absolute atomic E-state index is 0.0106. The summed E-state index contributed by atoms with van der Waals surface area (Å²) in [5.41, 5.74) is 3.67. The van der Waals surface area contributed by atoms with E-state index in [1.165, 1.54) is 0 Å². The van der Waals surface area contributed by atoms with E-state index < -0.39 is 12.6 Å². The van der Waals surface area contributed by atoms with E-state index in [4.69, 9.17) is 9.94 Å². The van der Waals surface area contributed by atoms with Crippen molar-refractivity contribution in [2.45, 2.75) is 46.6 Å². The van der Waals surface area contributed by atoms with Crippen molar-refractivity contribution in [3.05, 3.63) is 71.3 Å². The second kappa shape index (κ2) is 11.1. The monoisotopic (exact) mass is 410 g/mol. The van der Waals surface area contributed by atoms with E-state index in [0.29, 0.717) is 13.0 Å². The Morgan fingerprint density at radius 3 is 2.27 bits per heavy atom. The van der Waals surface area contributed by atoms with Gasteiger partial charge in [-0.3, -0.25) is 4.79 Å². The Hall–Kier alpha value is -3.15. The smallest absolute Gasteiger partial charge is 0.344 e. The lowest BCUT2D eigenvalue weighted by Crippen LogP contribution is -2.28. The molecule has 0 aromatic heterocycles. The number of carboxylic acids is 1. The quantitative estimate of drug-likeness (QED) is 0.433.